The molecule has 23 heavy (non-hydrogen) atoms. The minimum Gasteiger partial charge on any atom is -0.491 e. The lowest BCUT2D eigenvalue weighted by atomic mass is 10.2. The summed E-state index contributed by atoms with van der Waals surface area (Å²) in [5, 5.41) is 10.5. The van der Waals surface area contributed by atoms with E-state index in [1.165, 1.54) is 11.3 Å². The molecule has 2 rings (SSSR count). The molecule has 1 N–H and O–H groups in total. The maximum atomic E-state index is 10.5. The maximum absolute atomic E-state index is 10.5. The zero-order valence-corrected chi connectivity index (χ0v) is 14.4. The molecule has 0 radical (unpaired) electrons. The highest BCUT2D eigenvalue weighted by molar-refractivity contribution is 5.42. The summed E-state index contributed by atoms with van der Waals surface area (Å²) < 4.78 is 6.50. The van der Waals surface area contributed by atoms with Crippen molar-refractivity contribution < 1.29 is 9.84 Å². The number of para-hydroxylation sites is 1. The van der Waals surface area contributed by atoms with Crippen LogP contribution in [0.2, 0.25) is 0 Å². The predicted octanol–water partition coefficient (Wildman–Crippen LogP) is 3.78. The first kappa shape index (κ1) is 17.5. The summed E-state index contributed by atoms with van der Waals surface area (Å²) in [5.74, 6) is 0.806. The fraction of sp³-hybridized carbons (Fsp3) is 0.400. The van der Waals surface area contributed by atoms with E-state index >= 15 is 0 Å². The van der Waals surface area contributed by atoms with Crippen LogP contribution in [-0.4, -0.2) is 37.5 Å². The first-order chi connectivity index (χ1) is 11.1. The van der Waals surface area contributed by atoms with Crippen molar-refractivity contribution >= 4 is 5.69 Å². The summed E-state index contributed by atoms with van der Waals surface area (Å²) >= 11 is 0. The van der Waals surface area contributed by atoms with Crippen LogP contribution in [0.25, 0.3) is 0 Å². The number of hydrogen-bond donors (Lipinski definition) is 1. The Bertz CT molecular complexity index is 576. The molecule has 0 saturated carbocycles. The molecule has 0 aliphatic rings. The van der Waals surface area contributed by atoms with Gasteiger partial charge in [0.05, 0.1) is 13.1 Å². The molecule has 1 unspecified atom stereocenters. The molecule has 2 aromatic carbocycles. The number of nitrogens with zero attached hydrogens (tertiary/aromatic N) is 1. The van der Waals surface area contributed by atoms with Crippen molar-refractivity contribution in [2.75, 3.05) is 26.2 Å². The molecular weight excluding hydrogens is 286 g/mol. The Morgan fingerprint density at radius 2 is 1.57 bits per heavy atom. The van der Waals surface area contributed by atoms with E-state index in [-0.39, 0.29) is 0 Å². The monoisotopic (exact) mass is 314 g/mol. The van der Waals surface area contributed by atoms with Crippen LogP contribution in [0.3, 0.4) is 0 Å². The third kappa shape index (κ3) is 4.57. The number of ether oxygens (including phenoxy) is 1. The Balaban J connectivity index is 2.00. The number of rotatable bonds is 8. The average molecular weight is 314 g/mol. The van der Waals surface area contributed by atoms with E-state index in [1.807, 2.05) is 37.3 Å². The van der Waals surface area contributed by atoms with Crippen molar-refractivity contribution in [2.24, 2.45) is 0 Å². The van der Waals surface area contributed by atoms with Gasteiger partial charge in [-0.25, -0.2) is 0 Å². The van der Waals surface area contributed by atoms with Gasteiger partial charge >= 0.3 is 0 Å². The molecule has 0 amide bonds. The number of aliphatic hydroxyl groups is 1. The van der Waals surface area contributed by atoms with Gasteiger partial charge in [-0.1, -0.05) is 35.9 Å². The Kier molecular flexibility index (Phi) is 6.20. The van der Waals surface area contributed by atoms with Gasteiger partial charge in [-0.3, -0.25) is 4.48 Å². The van der Waals surface area contributed by atoms with E-state index in [9.17, 15) is 5.11 Å². The third-order valence-electron chi connectivity index (χ3n) is 4.54. The molecule has 0 aliphatic heterocycles. The SMILES string of the molecule is CC[N+](CC)(CC(O)COc1ccc(C)cc1)c1ccccc1. The number of hydrogen-bond acceptors (Lipinski definition) is 2. The molecule has 124 valence electrons. The van der Waals surface area contributed by atoms with Crippen molar-refractivity contribution in [3.63, 3.8) is 0 Å². The van der Waals surface area contributed by atoms with Crippen LogP contribution in [0, 0.1) is 6.92 Å². The Hall–Kier alpha value is -1.84. The van der Waals surface area contributed by atoms with Crippen LogP contribution in [0.15, 0.2) is 54.6 Å². The number of quaternary nitrogens is 1. The largest absolute Gasteiger partial charge is 0.491 e. The molecule has 1 atom stereocenters. The molecule has 0 aliphatic carbocycles. The van der Waals surface area contributed by atoms with Gasteiger partial charge in [-0.15, -0.1) is 0 Å². The highest BCUT2D eigenvalue weighted by Gasteiger charge is 2.29. The van der Waals surface area contributed by atoms with Gasteiger partial charge in [0, 0.05) is 0 Å². The smallest absolute Gasteiger partial charge is 0.137 e. The summed E-state index contributed by atoms with van der Waals surface area (Å²) in [7, 11) is 0. The molecule has 0 heterocycles. The first-order valence-corrected chi connectivity index (χ1v) is 8.39. The fourth-order valence-electron chi connectivity index (χ4n) is 2.98. The molecule has 3 nitrogen and oxygen atoms in total. The number of aryl methyl sites for hydroxylation is 1. The maximum Gasteiger partial charge on any atom is 0.137 e. The summed E-state index contributed by atoms with van der Waals surface area (Å²) in [6.07, 6.45) is -0.503. The van der Waals surface area contributed by atoms with Crippen molar-refractivity contribution in [1.82, 2.24) is 4.48 Å². The van der Waals surface area contributed by atoms with E-state index in [0.29, 0.717) is 13.2 Å². The van der Waals surface area contributed by atoms with Crippen molar-refractivity contribution in [3.8, 4) is 5.75 Å². The lowest BCUT2D eigenvalue weighted by molar-refractivity contribution is 0.0731. The molecule has 0 spiro atoms. The second-order valence-corrected chi connectivity index (χ2v) is 6.07. The second-order valence-electron chi connectivity index (χ2n) is 6.07. The molecular formula is C20H28NO2+. The quantitative estimate of drug-likeness (QED) is 0.751. The predicted molar refractivity (Wildman–Crippen MR) is 96.9 cm³/mol. The molecule has 0 saturated heterocycles. The highest BCUT2D eigenvalue weighted by Crippen LogP contribution is 2.23. The van der Waals surface area contributed by atoms with E-state index in [0.717, 1.165) is 23.3 Å². The highest BCUT2D eigenvalue weighted by atomic mass is 16.5. The van der Waals surface area contributed by atoms with E-state index in [4.69, 9.17) is 4.74 Å². The molecule has 0 aromatic heterocycles. The summed E-state index contributed by atoms with van der Waals surface area (Å²) in [5.41, 5.74) is 2.45. The molecule has 2 aromatic rings. The first-order valence-electron chi connectivity index (χ1n) is 8.39. The van der Waals surface area contributed by atoms with Crippen molar-refractivity contribution in [2.45, 2.75) is 26.9 Å². The van der Waals surface area contributed by atoms with Crippen LogP contribution in [-0.2, 0) is 0 Å². The normalized spacial score (nSPS) is 12.9. The van der Waals surface area contributed by atoms with E-state index in [1.54, 1.807) is 0 Å². The summed E-state index contributed by atoms with van der Waals surface area (Å²) in [6, 6.07) is 18.4. The topological polar surface area (TPSA) is 29.5 Å². The van der Waals surface area contributed by atoms with Crippen LogP contribution < -0.4 is 9.22 Å². The minimum atomic E-state index is -0.503. The van der Waals surface area contributed by atoms with Gasteiger partial charge in [-0.2, -0.15) is 0 Å². The summed E-state index contributed by atoms with van der Waals surface area (Å²) in [4.78, 5) is 0. The fourth-order valence-corrected chi connectivity index (χ4v) is 2.98. The van der Waals surface area contributed by atoms with Crippen LogP contribution in [0.4, 0.5) is 5.69 Å². The number of likely N-dealkylation sites (N-methyl/N-ethyl adjacent to an activating group) is 1. The van der Waals surface area contributed by atoms with Crippen molar-refractivity contribution in [1.29, 1.82) is 0 Å². The van der Waals surface area contributed by atoms with Gasteiger partial charge in [0.25, 0.3) is 0 Å². The summed E-state index contributed by atoms with van der Waals surface area (Å²) in [6.45, 7) is 9.25. The van der Waals surface area contributed by atoms with Gasteiger partial charge in [-0.05, 0) is 45.0 Å². The lowest BCUT2D eigenvalue weighted by Gasteiger charge is -2.37. The van der Waals surface area contributed by atoms with Gasteiger partial charge in [0.1, 0.15) is 30.7 Å². The van der Waals surface area contributed by atoms with Gasteiger partial charge in [0.15, 0.2) is 0 Å². The lowest BCUT2D eigenvalue weighted by Crippen LogP contribution is -2.54. The van der Waals surface area contributed by atoms with E-state index < -0.39 is 6.10 Å². The standard InChI is InChI=1S/C20H28NO2/c1-4-21(5-2,18-9-7-6-8-10-18)15-19(22)16-23-20-13-11-17(3)12-14-20/h6-14,19,22H,4-5,15-16H2,1-3H3/q+1. The molecule has 3 heteroatoms. The molecule has 0 bridgehead atoms. The third-order valence-corrected chi connectivity index (χ3v) is 4.54. The van der Waals surface area contributed by atoms with Crippen molar-refractivity contribution in [3.05, 3.63) is 60.2 Å². The zero-order chi connectivity index (χ0) is 16.7. The Labute approximate surface area is 139 Å². The second kappa shape index (κ2) is 8.14. The van der Waals surface area contributed by atoms with Gasteiger partial charge in [0.2, 0.25) is 0 Å². The average Bonchev–Trinajstić information content (AvgIpc) is 2.60. The van der Waals surface area contributed by atoms with Gasteiger partial charge < -0.3 is 9.84 Å². The number of benzene rings is 2. The zero-order valence-electron chi connectivity index (χ0n) is 14.4. The Morgan fingerprint density at radius 1 is 0.957 bits per heavy atom. The number of aliphatic hydroxyl groups excluding tert-OH is 1. The molecule has 0 fully saturated rings. The minimum absolute atomic E-state index is 0.315. The Morgan fingerprint density at radius 3 is 2.13 bits per heavy atom. The van der Waals surface area contributed by atoms with Crippen LogP contribution >= 0.6 is 0 Å². The van der Waals surface area contributed by atoms with E-state index in [2.05, 4.69) is 38.1 Å². The van der Waals surface area contributed by atoms with Crippen LogP contribution in [0.1, 0.15) is 19.4 Å². The van der Waals surface area contributed by atoms with Crippen LogP contribution in [0.5, 0.6) is 5.75 Å².